The third kappa shape index (κ3) is 3.61. The van der Waals surface area contributed by atoms with Gasteiger partial charge in [0, 0.05) is 18.8 Å². The molecule has 2 rings (SSSR count). The van der Waals surface area contributed by atoms with E-state index in [0.29, 0.717) is 0 Å². The number of anilines is 1. The number of para-hydroxylation sites is 1. The van der Waals surface area contributed by atoms with Gasteiger partial charge in [-0.25, -0.2) is 0 Å². The topological polar surface area (TPSA) is 23.5 Å². The van der Waals surface area contributed by atoms with Crippen LogP contribution in [-0.2, 0) is 0 Å². The molecule has 0 saturated carbocycles. The highest BCUT2D eigenvalue weighted by Gasteiger charge is 2.11. The minimum Gasteiger partial charge on any atom is -0.392 e. The summed E-state index contributed by atoms with van der Waals surface area (Å²) in [7, 11) is 0. The van der Waals surface area contributed by atoms with Crippen LogP contribution in [0.15, 0.2) is 30.3 Å². The van der Waals surface area contributed by atoms with E-state index in [4.69, 9.17) is 5.11 Å². The second-order valence-corrected chi connectivity index (χ2v) is 4.90. The predicted molar refractivity (Wildman–Crippen MR) is 77.9 cm³/mol. The number of aliphatic hydroxyl groups excluding tert-OH is 1. The van der Waals surface area contributed by atoms with E-state index in [0.717, 1.165) is 13.1 Å². The second-order valence-electron chi connectivity index (χ2n) is 4.90. The lowest BCUT2D eigenvalue weighted by Crippen LogP contribution is -2.27. The van der Waals surface area contributed by atoms with Crippen molar-refractivity contribution >= 4 is 11.8 Å². The Labute approximate surface area is 110 Å². The maximum Gasteiger partial charge on any atom is 0.0615 e. The molecule has 0 aromatic heterocycles. The quantitative estimate of drug-likeness (QED) is 0.881. The number of hydrogen-bond donors (Lipinski definition) is 1. The van der Waals surface area contributed by atoms with Crippen LogP contribution >= 0.6 is 0 Å². The highest BCUT2D eigenvalue weighted by molar-refractivity contribution is 5.67. The van der Waals surface area contributed by atoms with Crippen molar-refractivity contribution in [3.05, 3.63) is 35.9 Å². The lowest BCUT2D eigenvalue weighted by atomic mass is 10.1. The summed E-state index contributed by atoms with van der Waals surface area (Å²) in [5.41, 5.74) is 2.52. The van der Waals surface area contributed by atoms with Gasteiger partial charge >= 0.3 is 0 Å². The Hall–Kier alpha value is -1.28. The molecule has 98 valence electrons. The molecular weight excluding hydrogens is 222 g/mol. The standard InChI is InChI=1S/C16H23NO/c18-14-8-10-15-9-4-5-11-16(15)17-12-6-2-1-3-7-13-17/h4-5,8-11,18H,1-3,6-7,12-14H2/b10-8+. The lowest BCUT2D eigenvalue weighted by Gasteiger charge is -2.28. The molecule has 2 nitrogen and oxygen atoms in total. The van der Waals surface area contributed by atoms with E-state index < -0.39 is 0 Å². The summed E-state index contributed by atoms with van der Waals surface area (Å²) in [5, 5.41) is 8.91. The normalized spacial score (nSPS) is 17.7. The monoisotopic (exact) mass is 245 g/mol. The van der Waals surface area contributed by atoms with Crippen LogP contribution in [0.25, 0.3) is 6.08 Å². The summed E-state index contributed by atoms with van der Waals surface area (Å²) in [6.07, 6.45) is 10.5. The van der Waals surface area contributed by atoms with Crippen LogP contribution in [0, 0.1) is 0 Å². The van der Waals surface area contributed by atoms with Crippen molar-refractivity contribution in [3.8, 4) is 0 Å². The predicted octanol–water partition coefficient (Wildman–Crippen LogP) is 3.46. The van der Waals surface area contributed by atoms with Gasteiger partial charge in [-0.15, -0.1) is 0 Å². The summed E-state index contributed by atoms with van der Waals surface area (Å²) < 4.78 is 0. The van der Waals surface area contributed by atoms with Crippen molar-refractivity contribution in [2.45, 2.75) is 32.1 Å². The smallest absolute Gasteiger partial charge is 0.0615 e. The first-order valence-electron chi connectivity index (χ1n) is 7.03. The van der Waals surface area contributed by atoms with E-state index in [1.54, 1.807) is 0 Å². The van der Waals surface area contributed by atoms with Crippen molar-refractivity contribution < 1.29 is 5.11 Å². The van der Waals surface area contributed by atoms with Gasteiger partial charge < -0.3 is 10.0 Å². The van der Waals surface area contributed by atoms with Crippen LogP contribution in [0.4, 0.5) is 5.69 Å². The average Bonchev–Trinajstić information content (AvgIpc) is 2.37. The molecule has 0 spiro atoms. The van der Waals surface area contributed by atoms with Gasteiger partial charge in [0.1, 0.15) is 0 Å². The van der Waals surface area contributed by atoms with E-state index in [1.807, 2.05) is 12.2 Å². The van der Waals surface area contributed by atoms with Crippen molar-refractivity contribution in [2.75, 3.05) is 24.6 Å². The molecule has 0 aliphatic carbocycles. The van der Waals surface area contributed by atoms with Crippen LogP contribution in [0.1, 0.15) is 37.7 Å². The van der Waals surface area contributed by atoms with E-state index in [9.17, 15) is 0 Å². The summed E-state index contributed by atoms with van der Waals surface area (Å²) in [4.78, 5) is 2.50. The zero-order valence-electron chi connectivity index (χ0n) is 11.0. The molecule has 1 N–H and O–H groups in total. The molecule has 1 saturated heterocycles. The highest BCUT2D eigenvalue weighted by atomic mass is 16.2. The molecule has 1 aliphatic rings. The minimum atomic E-state index is 0.105. The van der Waals surface area contributed by atoms with Gasteiger partial charge in [0.15, 0.2) is 0 Å². The molecule has 0 bridgehead atoms. The largest absolute Gasteiger partial charge is 0.392 e. The molecule has 1 aromatic rings. The Kier molecular flexibility index (Phi) is 5.28. The number of aliphatic hydroxyl groups is 1. The van der Waals surface area contributed by atoms with Gasteiger partial charge in [0.2, 0.25) is 0 Å². The van der Waals surface area contributed by atoms with E-state index >= 15 is 0 Å². The SMILES string of the molecule is OC/C=C/c1ccccc1N1CCCCCCC1. The van der Waals surface area contributed by atoms with Gasteiger partial charge in [-0.05, 0) is 24.5 Å². The van der Waals surface area contributed by atoms with Gasteiger partial charge in [0.25, 0.3) is 0 Å². The Morgan fingerprint density at radius 3 is 2.39 bits per heavy atom. The highest BCUT2D eigenvalue weighted by Crippen LogP contribution is 2.24. The Bertz CT molecular complexity index is 378. The first-order valence-corrected chi connectivity index (χ1v) is 7.03. The number of hydrogen-bond acceptors (Lipinski definition) is 2. The molecule has 0 atom stereocenters. The average molecular weight is 245 g/mol. The molecule has 1 fully saturated rings. The Morgan fingerprint density at radius 2 is 1.67 bits per heavy atom. The first-order chi connectivity index (χ1) is 8.92. The van der Waals surface area contributed by atoms with Crippen molar-refractivity contribution in [1.82, 2.24) is 0 Å². The third-order valence-corrected chi connectivity index (χ3v) is 3.54. The second kappa shape index (κ2) is 7.22. The summed E-state index contributed by atoms with van der Waals surface area (Å²) in [6.45, 7) is 2.42. The molecule has 2 heteroatoms. The lowest BCUT2D eigenvalue weighted by molar-refractivity contribution is 0.343. The van der Waals surface area contributed by atoms with E-state index in [1.165, 1.54) is 43.4 Å². The summed E-state index contributed by atoms with van der Waals surface area (Å²) >= 11 is 0. The molecule has 18 heavy (non-hydrogen) atoms. The maximum atomic E-state index is 8.91. The van der Waals surface area contributed by atoms with Gasteiger partial charge in [-0.1, -0.05) is 49.6 Å². The van der Waals surface area contributed by atoms with E-state index in [2.05, 4.69) is 29.2 Å². The third-order valence-electron chi connectivity index (χ3n) is 3.54. The zero-order valence-corrected chi connectivity index (χ0v) is 11.0. The van der Waals surface area contributed by atoms with Crippen LogP contribution in [0.2, 0.25) is 0 Å². The molecular formula is C16H23NO. The molecule has 1 heterocycles. The fourth-order valence-corrected chi connectivity index (χ4v) is 2.58. The maximum absolute atomic E-state index is 8.91. The van der Waals surface area contributed by atoms with Gasteiger partial charge in [-0.3, -0.25) is 0 Å². The van der Waals surface area contributed by atoms with Crippen LogP contribution in [0.3, 0.4) is 0 Å². The summed E-state index contributed by atoms with van der Waals surface area (Å²) in [6, 6.07) is 8.48. The fraction of sp³-hybridized carbons (Fsp3) is 0.500. The fourth-order valence-electron chi connectivity index (χ4n) is 2.58. The molecule has 0 radical (unpaired) electrons. The van der Waals surface area contributed by atoms with Gasteiger partial charge in [0.05, 0.1) is 6.61 Å². The molecule has 1 aliphatic heterocycles. The van der Waals surface area contributed by atoms with Crippen LogP contribution in [0.5, 0.6) is 0 Å². The number of nitrogens with zero attached hydrogens (tertiary/aromatic N) is 1. The van der Waals surface area contributed by atoms with Crippen LogP contribution < -0.4 is 4.90 Å². The number of benzene rings is 1. The van der Waals surface area contributed by atoms with Crippen molar-refractivity contribution in [3.63, 3.8) is 0 Å². The Morgan fingerprint density at radius 1 is 1.00 bits per heavy atom. The van der Waals surface area contributed by atoms with Gasteiger partial charge in [-0.2, -0.15) is 0 Å². The van der Waals surface area contributed by atoms with Crippen molar-refractivity contribution in [1.29, 1.82) is 0 Å². The molecule has 0 unspecified atom stereocenters. The molecule has 1 aromatic carbocycles. The summed E-state index contributed by atoms with van der Waals surface area (Å²) in [5.74, 6) is 0. The van der Waals surface area contributed by atoms with E-state index in [-0.39, 0.29) is 6.61 Å². The number of rotatable bonds is 3. The minimum absolute atomic E-state index is 0.105. The first kappa shape index (κ1) is 13.2. The Balaban J connectivity index is 2.16. The zero-order chi connectivity index (χ0) is 12.6. The van der Waals surface area contributed by atoms with Crippen LogP contribution in [-0.4, -0.2) is 24.8 Å². The van der Waals surface area contributed by atoms with Crippen molar-refractivity contribution in [2.24, 2.45) is 0 Å². The molecule has 0 amide bonds.